The van der Waals surface area contributed by atoms with Crippen LogP contribution in [0.1, 0.15) is 17.2 Å². The highest BCUT2D eigenvalue weighted by Gasteiger charge is 2.24. The molecular formula is C26H20F2N6O2. The van der Waals surface area contributed by atoms with E-state index in [0.29, 0.717) is 47.4 Å². The molecule has 1 unspecified atom stereocenters. The van der Waals surface area contributed by atoms with Crippen molar-refractivity contribution >= 4 is 28.5 Å². The minimum absolute atomic E-state index is 0.00469. The number of hydrogen-bond donors (Lipinski definition) is 0. The molecule has 0 radical (unpaired) electrons. The molecule has 1 fully saturated rings. The highest BCUT2D eigenvalue weighted by atomic mass is 19.1. The van der Waals surface area contributed by atoms with Crippen molar-refractivity contribution in [1.29, 1.82) is 0 Å². The van der Waals surface area contributed by atoms with Crippen molar-refractivity contribution in [3.63, 3.8) is 0 Å². The van der Waals surface area contributed by atoms with Crippen molar-refractivity contribution in [2.45, 2.75) is 5.92 Å². The van der Waals surface area contributed by atoms with Crippen LogP contribution in [0.3, 0.4) is 0 Å². The number of carbonyl (C=O) groups is 1. The van der Waals surface area contributed by atoms with Crippen molar-refractivity contribution < 1.29 is 18.3 Å². The summed E-state index contributed by atoms with van der Waals surface area (Å²) in [6.07, 6.45) is 5.15. The Morgan fingerprint density at radius 3 is 2.67 bits per heavy atom. The standard InChI is InChI=1S/C26H20F2N6O2/c27-21-13-22(28)19(12-18(21)20(14-35)23-3-4-25-29-5-6-34(25)32-23)26-17-2-1-16(11-24(17)30-15-31-26)33-7-9-36-10-8-33/h1-6,11-15,20H,7-10H2. The number of halogens is 2. The minimum Gasteiger partial charge on any atom is -0.378 e. The zero-order valence-electron chi connectivity index (χ0n) is 19.0. The fourth-order valence-electron chi connectivity index (χ4n) is 4.56. The summed E-state index contributed by atoms with van der Waals surface area (Å²) >= 11 is 0. The number of aldehydes is 1. The van der Waals surface area contributed by atoms with Crippen LogP contribution >= 0.6 is 0 Å². The third-order valence-corrected chi connectivity index (χ3v) is 6.40. The second-order valence-electron chi connectivity index (χ2n) is 8.48. The molecular weight excluding hydrogens is 466 g/mol. The molecule has 180 valence electrons. The quantitative estimate of drug-likeness (QED) is 0.350. The van der Waals surface area contributed by atoms with Crippen LogP contribution in [-0.4, -0.2) is 57.2 Å². The first kappa shape index (κ1) is 22.2. The molecule has 3 aromatic heterocycles. The summed E-state index contributed by atoms with van der Waals surface area (Å²) in [4.78, 5) is 27.1. The lowest BCUT2D eigenvalue weighted by Gasteiger charge is -2.29. The van der Waals surface area contributed by atoms with E-state index in [1.807, 2.05) is 18.2 Å². The molecule has 36 heavy (non-hydrogen) atoms. The molecule has 1 saturated heterocycles. The van der Waals surface area contributed by atoms with Gasteiger partial charge in [0.25, 0.3) is 0 Å². The Hall–Kier alpha value is -4.31. The first-order chi connectivity index (χ1) is 17.6. The predicted octanol–water partition coefficient (Wildman–Crippen LogP) is 3.79. The molecule has 0 aliphatic carbocycles. The highest BCUT2D eigenvalue weighted by molar-refractivity contribution is 5.94. The molecule has 1 aliphatic rings. The molecule has 0 saturated carbocycles. The topological polar surface area (TPSA) is 85.5 Å². The largest absolute Gasteiger partial charge is 0.378 e. The molecule has 0 N–H and O–H groups in total. The number of anilines is 1. The van der Waals surface area contributed by atoms with Crippen molar-refractivity contribution in [3.8, 4) is 11.3 Å². The van der Waals surface area contributed by atoms with Gasteiger partial charge in [-0.15, -0.1) is 0 Å². The number of hydrogen-bond acceptors (Lipinski definition) is 7. The Kier molecular flexibility index (Phi) is 5.57. The maximum atomic E-state index is 15.1. The van der Waals surface area contributed by atoms with Crippen molar-refractivity contribution in [2.24, 2.45) is 0 Å². The number of rotatable bonds is 5. The number of imidazole rings is 1. The molecule has 4 heterocycles. The zero-order valence-corrected chi connectivity index (χ0v) is 19.0. The Balaban J connectivity index is 1.44. The van der Waals surface area contributed by atoms with Gasteiger partial charge in [0, 0.05) is 53.8 Å². The number of morpholine rings is 1. The number of nitrogens with zero attached hydrogens (tertiary/aromatic N) is 6. The van der Waals surface area contributed by atoms with E-state index in [9.17, 15) is 4.79 Å². The van der Waals surface area contributed by atoms with E-state index in [0.717, 1.165) is 24.8 Å². The molecule has 0 spiro atoms. The molecule has 2 aromatic carbocycles. The lowest BCUT2D eigenvalue weighted by atomic mass is 9.93. The fraction of sp³-hybridized carbons (Fsp3) is 0.192. The third kappa shape index (κ3) is 3.85. The zero-order chi connectivity index (χ0) is 24.6. The van der Waals surface area contributed by atoms with E-state index >= 15 is 8.78 Å². The lowest BCUT2D eigenvalue weighted by molar-refractivity contribution is -0.108. The number of benzene rings is 2. The third-order valence-electron chi connectivity index (χ3n) is 6.40. The maximum Gasteiger partial charge on any atom is 0.153 e. The normalized spacial score (nSPS) is 14.9. The van der Waals surface area contributed by atoms with Crippen molar-refractivity contribution in [3.05, 3.63) is 84.1 Å². The number of aromatic nitrogens is 5. The monoisotopic (exact) mass is 486 g/mol. The number of ether oxygens (including phenoxy) is 1. The van der Waals surface area contributed by atoms with Gasteiger partial charge < -0.3 is 14.4 Å². The van der Waals surface area contributed by atoms with E-state index in [4.69, 9.17) is 4.74 Å². The van der Waals surface area contributed by atoms with Gasteiger partial charge in [-0.1, -0.05) is 0 Å². The minimum atomic E-state index is -1.04. The Morgan fingerprint density at radius 2 is 1.83 bits per heavy atom. The molecule has 0 amide bonds. The van der Waals surface area contributed by atoms with Gasteiger partial charge in [0.15, 0.2) is 5.65 Å². The van der Waals surface area contributed by atoms with E-state index in [-0.39, 0.29) is 11.1 Å². The molecule has 1 atom stereocenters. The smallest absolute Gasteiger partial charge is 0.153 e. The van der Waals surface area contributed by atoms with Gasteiger partial charge >= 0.3 is 0 Å². The predicted molar refractivity (Wildman–Crippen MR) is 129 cm³/mol. The summed E-state index contributed by atoms with van der Waals surface area (Å²) in [6, 6.07) is 11.1. The van der Waals surface area contributed by atoms with E-state index in [1.54, 1.807) is 24.5 Å². The fourth-order valence-corrected chi connectivity index (χ4v) is 4.56. The van der Waals surface area contributed by atoms with Crippen LogP contribution in [-0.2, 0) is 9.53 Å². The maximum absolute atomic E-state index is 15.1. The summed E-state index contributed by atoms with van der Waals surface area (Å²) in [5.74, 6) is -2.66. The first-order valence-electron chi connectivity index (χ1n) is 11.4. The van der Waals surface area contributed by atoms with Gasteiger partial charge in [0.1, 0.15) is 24.2 Å². The van der Waals surface area contributed by atoms with E-state index < -0.39 is 17.6 Å². The molecule has 10 heteroatoms. The Morgan fingerprint density at radius 1 is 0.972 bits per heavy atom. The van der Waals surface area contributed by atoms with Gasteiger partial charge in [-0.25, -0.2) is 28.2 Å². The van der Waals surface area contributed by atoms with Crippen LogP contribution in [0.2, 0.25) is 0 Å². The van der Waals surface area contributed by atoms with Crippen LogP contribution in [0.4, 0.5) is 14.5 Å². The van der Waals surface area contributed by atoms with E-state index in [1.165, 1.54) is 16.9 Å². The molecule has 5 aromatic rings. The van der Waals surface area contributed by atoms with Crippen molar-refractivity contribution in [2.75, 3.05) is 31.2 Å². The second kappa shape index (κ2) is 9.04. The molecule has 8 nitrogen and oxygen atoms in total. The van der Waals surface area contributed by atoms with Crippen molar-refractivity contribution in [1.82, 2.24) is 24.6 Å². The molecule has 1 aliphatic heterocycles. The first-order valence-corrected chi connectivity index (χ1v) is 11.4. The summed E-state index contributed by atoms with van der Waals surface area (Å²) < 4.78 is 37.0. The van der Waals surface area contributed by atoms with Crippen LogP contribution in [0.15, 0.2) is 61.2 Å². The number of fused-ring (bicyclic) bond motifs is 2. The Bertz CT molecular complexity index is 1600. The lowest BCUT2D eigenvalue weighted by Crippen LogP contribution is -2.36. The summed E-state index contributed by atoms with van der Waals surface area (Å²) in [5, 5.41) is 4.99. The summed E-state index contributed by atoms with van der Waals surface area (Å²) in [6.45, 7) is 2.84. The van der Waals surface area contributed by atoms with Crippen LogP contribution in [0.25, 0.3) is 27.8 Å². The van der Waals surface area contributed by atoms with Gasteiger partial charge in [-0.05, 0) is 36.4 Å². The Labute approximate surface area is 204 Å². The van der Waals surface area contributed by atoms with Gasteiger partial charge in [-0.3, -0.25) is 0 Å². The van der Waals surface area contributed by atoms with Gasteiger partial charge in [0.2, 0.25) is 0 Å². The van der Waals surface area contributed by atoms with Crippen LogP contribution in [0, 0.1) is 11.6 Å². The van der Waals surface area contributed by atoms with Gasteiger partial charge in [-0.2, -0.15) is 5.10 Å². The second-order valence-corrected chi connectivity index (χ2v) is 8.48. The highest BCUT2D eigenvalue weighted by Crippen LogP contribution is 2.34. The average molecular weight is 486 g/mol. The van der Waals surface area contributed by atoms with Crippen LogP contribution in [0.5, 0.6) is 0 Å². The summed E-state index contributed by atoms with van der Waals surface area (Å²) in [7, 11) is 0. The van der Waals surface area contributed by atoms with Crippen LogP contribution < -0.4 is 4.90 Å². The molecule has 6 rings (SSSR count). The number of carbonyl (C=O) groups excluding carboxylic acids is 1. The van der Waals surface area contributed by atoms with E-state index in [2.05, 4.69) is 25.0 Å². The van der Waals surface area contributed by atoms with Gasteiger partial charge in [0.05, 0.1) is 36.0 Å². The molecule has 0 bridgehead atoms. The average Bonchev–Trinajstić information content (AvgIpc) is 3.38. The summed E-state index contributed by atoms with van der Waals surface area (Å²) in [5.41, 5.74) is 2.92. The SMILES string of the molecule is O=CC(c1ccc2nccn2n1)c1cc(-c2ncnc3cc(N4CCOCC4)ccc23)c(F)cc1F.